The molecule has 228 valence electrons. The lowest BCUT2D eigenvalue weighted by Crippen LogP contribution is -2.47. The molecule has 1 atom stereocenters. The van der Waals surface area contributed by atoms with Gasteiger partial charge in [-0.3, -0.25) is 0 Å². The number of ether oxygens (including phenoxy) is 1. The zero-order valence-corrected chi connectivity index (χ0v) is 26.5. The van der Waals surface area contributed by atoms with Gasteiger partial charge < -0.3 is 30.1 Å². The molecular weight excluding hydrogens is 578 g/mol. The van der Waals surface area contributed by atoms with Gasteiger partial charge >= 0.3 is 0 Å². The van der Waals surface area contributed by atoms with Crippen LogP contribution in [0.3, 0.4) is 0 Å². The molecule has 4 heterocycles. The lowest BCUT2D eigenvalue weighted by Gasteiger charge is -2.38. The number of hydrogen-bond acceptors (Lipinski definition) is 7. The van der Waals surface area contributed by atoms with E-state index in [4.69, 9.17) is 38.5 Å². The minimum atomic E-state index is -0.107. The molecule has 8 nitrogen and oxygen atoms in total. The van der Waals surface area contributed by atoms with Gasteiger partial charge in [-0.25, -0.2) is 0 Å². The van der Waals surface area contributed by atoms with Crippen molar-refractivity contribution < 1.29 is 4.74 Å². The minimum absolute atomic E-state index is 0.107. The Morgan fingerprint density at radius 1 is 0.930 bits per heavy atom. The van der Waals surface area contributed by atoms with Crippen LogP contribution >= 0.6 is 23.8 Å². The van der Waals surface area contributed by atoms with E-state index in [0.717, 1.165) is 62.2 Å². The predicted octanol–water partition coefficient (Wildman–Crippen LogP) is 5.87. The van der Waals surface area contributed by atoms with E-state index < -0.39 is 0 Å². The summed E-state index contributed by atoms with van der Waals surface area (Å²) in [7, 11) is 0. The molecule has 3 aliphatic heterocycles. The van der Waals surface area contributed by atoms with Crippen LogP contribution in [0.4, 0.5) is 23.3 Å². The number of aromatic nitrogens is 2. The highest BCUT2D eigenvalue weighted by atomic mass is 35.5. The van der Waals surface area contributed by atoms with Crippen LogP contribution in [-0.4, -0.2) is 73.6 Å². The maximum atomic E-state index is 6.39. The summed E-state index contributed by atoms with van der Waals surface area (Å²) in [5.74, 6) is 2.45. The molecule has 0 bridgehead atoms. The zero-order chi connectivity index (χ0) is 29.6. The van der Waals surface area contributed by atoms with Crippen LogP contribution in [0.15, 0.2) is 60.7 Å². The number of piperazine rings is 1. The number of halogens is 1. The molecular formula is C33H42ClN7OS. The first-order valence-corrected chi connectivity index (χ1v) is 16.4. The Bertz CT molecular complexity index is 1380. The normalized spacial score (nSPS) is 20.5. The highest BCUT2D eigenvalue weighted by Crippen LogP contribution is 2.35. The van der Waals surface area contributed by atoms with Gasteiger partial charge in [-0.05, 0) is 81.1 Å². The summed E-state index contributed by atoms with van der Waals surface area (Å²) in [5.41, 5.74) is 2.38. The summed E-state index contributed by atoms with van der Waals surface area (Å²) in [6, 6.07) is 21.4. The van der Waals surface area contributed by atoms with Crippen LogP contribution in [0.2, 0.25) is 5.02 Å². The van der Waals surface area contributed by atoms with Gasteiger partial charge in [0.2, 0.25) is 5.95 Å². The first-order chi connectivity index (χ1) is 21.0. The monoisotopic (exact) mass is 619 g/mol. The number of benzene rings is 2. The summed E-state index contributed by atoms with van der Waals surface area (Å²) in [6.07, 6.45) is 5.42. The maximum Gasteiger partial charge on any atom is 0.232 e. The molecule has 0 amide bonds. The molecule has 1 aromatic heterocycles. The summed E-state index contributed by atoms with van der Waals surface area (Å²) in [4.78, 5) is 17.2. The fourth-order valence-corrected chi connectivity index (χ4v) is 6.96. The van der Waals surface area contributed by atoms with E-state index in [-0.39, 0.29) is 5.41 Å². The Balaban J connectivity index is 1.18. The maximum absolute atomic E-state index is 6.39. The number of rotatable bonds is 7. The first kappa shape index (κ1) is 29.9. The minimum Gasteiger partial charge on any atom is -0.381 e. The Kier molecular flexibility index (Phi) is 9.50. The molecule has 2 N–H and O–H groups in total. The number of nitrogens with zero attached hydrogens (tertiary/aromatic N) is 5. The molecule has 0 saturated carbocycles. The lowest BCUT2D eigenvalue weighted by molar-refractivity contribution is 0.0515. The Morgan fingerprint density at radius 3 is 2.42 bits per heavy atom. The third-order valence-electron chi connectivity index (χ3n) is 9.22. The van der Waals surface area contributed by atoms with Gasteiger partial charge in [-0.15, -0.1) is 0 Å². The van der Waals surface area contributed by atoms with Crippen molar-refractivity contribution in [3.8, 4) is 0 Å². The molecule has 3 aliphatic rings. The molecule has 0 spiro atoms. The van der Waals surface area contributed by atoms with Gasteiger partial charge in [-0.2, -0.15) is 9.97 Å². The fourth-order valence-electron chi connectivity index (χ4n) is 6.60. The van der Waals surface area contributed by atoms with Gasteiger partial charge in [0.1, 0.15) is 11.6 Å². The van der Waals surface area contributed by atoms with Crippen LogP contribution in [0, 0.1) is 0 Å². The van der Waals surface area contributed by atoms with Crippen molar-refractivity contribution in [3.63, 3.8) is 0 Å². The van der Waals surface area contributed by atoms with E-state index >= 15 is 0 Å². The van der Waals surface area contributed by atoms with Crippen LogP contribution < -0.4 is 25.3 Å². The van der Waals surface area contributed by atoms with E-state index in [1.165, 1.54) is 30.5 Å². The second-order valence-corrected chi connectivity index (χ2v) is 12.8. The summed E-state index contributed by atoms with van der Waals surface area (Å²) in [5, 5.41) is 8.12. The number of thiocarbonyl (C=S) groups is 1. The number of piperidine rings is 1. The molecule has 0 radical (unpaired) electrons. The lowest BCUT2D eigenvalue weighted by atomic mass is 9.74. The molecule has 3 fully saturated rings. The van der Waals surface area contributed by atoms with E-state index in [0.29, 0.717) is 36.9 Å². The highest BCUT2D eigenvalue weighted by molar-refractivity contribution is 7.80. The molecule has 10 heteroatoms. The smallest absolute Gasteiger partial charge is 0.232 e. The Morgan fingerprint density at radius 2 is 1.67 bits per heavy atom. The number of nitrogens with one attached hydrogen (secondary N) is 2. The fraction of sp³-hybridized carbons (Fsp3) is 0.485. The average Bonchev–Trinajstić information content (AvgIpc) is 3.05. The van der Waals surface area contributed by atoms with E-state index in [9.17, 15) is 0 Å². The van der Waals surface area contributed by atoms with Crippen molar-refractivity contribution in [2.45, 2.75) is 50.5 Å². The highest BCUT2D eigenvalue weighted by Gasteiger charge is 2.35. The molecule has 0 unspecified atom stereocenters. The molecule has 2 aromatic carbocycles. The SMILES string of the molecule is C[C@@H]1CCCCN1c1cc(N2CCN(c3ccccc3)CC2)nc(NC(=S)NCC2(c3cccc(Cl)c3)CCOCC2)n1. The van der Waals surface area contributed by atoms with Gasteiger partial charge in [-0.1, -0.05) is 41.9 Å². The number of anilines is 4. The Labute approximate surface area is 265 Å². The van der Waals surface area contributed by atoms with E-state index in [1.54, 1.807) is 0 Å². The largest absolute Gasteiger partial charge is 0.381 e. The van der Waals surface area contributed by atoms with Crippen LogP contribution in [0.5, 0.6) is 0 Å². The summed E-state index contributed by atoms with van der Waals surface area (Å²) in [6.45, 7) is 9.10. The second-order valence-electron chi connectivity index (χ2n) is 12.0. The second kappa shape index (κ2) is 13.7. The zero-order valence-electron chi connectivity index (χ0n) is 25.0. The molecule has 3 aromatic rings. The quantitative estimate of drug-likeness (QED) is 0.316. The van der Waals surface area contributed by atoms with Crippen molar-refractivity contribution in [2.24, 2.45) is 0 Å². The van der Waals surface area contributed by atoms with E-state index in [2.05, 4.69) is 80.8 Å². The first-order valence-electron chi connectivity index (χ1n) is 15.6. The molecule has 43 heavy (non-hydrogen) atoms. The summed E-state index contributed by atoms with van der Waals surface area (Å²) < 4.78 is 5.72. The molecule has 6 rings (SSSR count). The topological polar surface area (TPSA) is 68.8 Å². The van der Waals surface area contributed by atoms with Crippen molar-refractivity contribution >= 4 is 52.2 Å². The van der Waals surface area contributed by atoms with Crippen molar-refractivity contribution in [1.29, 1.82) is 0 Å². The van der Waals surface area contributed by atoms with Crippen molar-refractivity contribution in [3.05, 3.63) is 71.2 Å². The third kappa shape index (κ3) is 7.16. The van der Waals surface area contributed by atoms with Gasteiger partial charge in [0.25, 0.3) is 0 Å². The standard InChI is InChI=1S/C33H42ClN7OS/c1-25-8-5-6-15-41(25)30-23-29(40-18-16-39(17-19-40)28-11-3-2-4-12-28)36-31(37-30)38-32(43)35-24-33(13-20-42-21-14-33)26-9-7-10-27(34)22-26/h2-4,7,9-12,22-23,25H,5-6,8,13-21,24H2,1H3,(H2,35,36,37,38,43)/t25-/m1/s1. The van der Waals surface area contributed by atoms with Crippen LogP contribution in [0.1, 0.15) is 44.6 Å². The van der Waals surface area contributed by atoms with Gasteiger partial charge in [0, 0.05) is 80.7 Å². The van der Waals surface area contributed by atoms with Crippen LogP contribution in [-0.2, 0) is 10.2 Å². The number of hydrogen-bond donors (Lipinski definition) is 2. The van der Waals surface area contributed by atoms with Gasteiger partial charge in [0.05, 0.1) is 0 Å². The summed E-state index contributed by atoms with van der Waals surface area (Å²) >= 11 is 12.2. The average molecular weight is 620 g/mol. The third-order valence-corrected chi connectivity index (χ3v) is 9.70. The predicted molar refractivity (Wildman–Crippen MR) is 181 cm³/mol. The molecule has 0 aliphatic carbocycles. The van der Waals surface area contributed by atoms with Crippen LogP contribution in [0.25, 0.3) is 0 Å². The number of para-hydroxylation sites is 1. The van der Waals surface area contributed by atoms with Gasteiger partial charge in [0.15, 0.2) is 5.11 Å². The van der Waals surface area contributed by atoms with Crippen molar-refractivity contribution in [1.82, 2.24) is 15.3 Å². The Hall–Kier alpha value is -3.14. The van der Waals surface area contributed by atoms with E-state index in [1.807, 2.05) is 12.1 Å². The van der Waals surface area contributed by atoms with Crippen molar-refractivity contribution in [2.75, 3.05) is 72.5 Å². The molecule has 3 saturated heterocycles.